The van der Waals surface area contributed by atoms with Gasteiger partial charge in [-0.15, -0.1) is 0 Å². The minimum Gasteiger partial charge on any atom is -0.468 e. The van der Waals surface area contributed by atoms with Gasteiger partial charge in [0.25, 0.3) is 0 Å². The molecule has 0 fully saturated rings. The third-order valence-electron chi connectivity index (χ3n) is 3.14. The second-order valence-electron chi connectivity index (χ2n) is 4.70. The molecule has 0 aliphatic rings. The number of methoxy groups -OCH3 is 1. The molecule has 2 aromatic carbocycles. The molecule has 0 aromatic heterocycles. The van der Waals surface area contributed by atoms with E-state index in [1.807, 2.05) is 54.6 Å². The topological polar surface area (TPSA) is 38.3 Å². The van der Waals surface area contributed by atoms with Crippen molar-refractivity contribution in [2.75, 3.05) is 7.11 Å². The number of carbonyl (C=O) groups excluding carboxylic acids is 1. The Labute approximate surface area is 135 Å². The zero-order chi connectivity index (χ0) is 15.8. The van der Waals surface area contributed by atoms with Gasteiger partial charge in [0.05, 0.1) is 7.11 Å². The molecule has 3 nitrogen and oxygen atoms in total. The van der Waals surface area contributed by atoms with Gasteiger partial charge in [-0.2, -0.15) is 0 Å². The lowest BCUT2D eigenvalue weighted by Crippen LogP contribution is -2.33. The number of halogens is 1. The summed E-state index contributed by atoms with van der Waals surface area (Å²) in [5, 5.41) is 0. The Morgan fingerprint density at radius 1 is 1.09 bits per heavy atom. The molecule has 0 radical (unpaired) electrons. The number of carbonyl (C=O) groups is 1. The van der Waals surface area contributed by atoms with Crippen LogP contribution in [0, 0.1) is 11.8 Å². The maximum absolute atomic E-state index is 11.5. The van der Waals surface area contributed by atoms with Gasteiger partial charge in [-0.05, 0) is 48.0 Å². The Morgan fingerprint density at radius 2 is 1.68 bits per heavy atom. The van der Waals surface area contributed by atoms with Gasteiger partial charge in [-0.25, -0.2) is 4.84 Å². The highest BCUT2D eigenvalue weighted by atomic mass is 35.5. The molecule has 0 amide bonds. The molecule has 0 aliphatic carbocycles. The second-order valence-corrected chi connectivity index (χ2v) is 4.92. The first kappa shape index (κ1) is 16.1. The van der Waals surface area contributed by atoms with Crippen molar-refractivity contribution in [3.8, 4) is 11.8 Å². The van der Waals surface area contributed by atoms with Gasteiger partial charge in [0, 0.05) is 11.1 Å². The summed E-state index contributed by atoms with van der Waals surface area (Å²) < 4.78 is 4.68. The van der Waals surface area contributed by atoms with Crippen LogP contribution in [0.2, 0.25) is 0 Å². The zero-order valence-corrected chi connectivity index (χ0v) is 12.9. The fraction of sp³-hybridized carbons (Fsp3) is 0.167. The van der Waals surface area contributed by atoms with E-state index in [0.717, 1.165) is 16.7 Å². The monoisotopic (exact) mass is 313 g/mol. The van der Waals surface area contributed by atoms with Crippen LogP contribution in [0.3, 0.4) is 0 Å². The van der Waals surface area contributed by atoms with Crippen molar-refractivity contribution in [3.05, 3.63) is 71.3 Å². The molecule has 2 aromatic rings. The molecule has 0 saturated heterocycles. The number of hydrogen-bond donors (Lipinski definition) is 1. The summed E-state index contributed by atoms with van der Waals surface area (Å²) >= 11 is 5.57. The maximum Gasteiger partial charge on any atom is 0.324 e. The van der Waals surface area contributed by atoms with Gasteiger partial charge < -0.3 is 4.74 Å². The number of rotatable bonds is 4. The van der Waals surface area contributed by atoms with Crippen LogP contribution in [0.4, 0.5) is 0 Å². The van der Waals surface area contributed by atoms with Crippen molar-refractivity contribution >= 4 is 17.7 Å². The van der Waals surface area contributed by atoms with Crippen LogP contribution >= 0.6 is 11.8 Å². The van der Waals surface area contributed by atoms with Crippen LogP contribution in [-0.2, 0) is 16.0 Å². The molecule has 2 rings (SSSR count). The first-order chi connectivity index (χ1) is 10.7. The van der Waals surface area contributed by atoms with Crippen molar-refractivity contribution in [1.29, 1.82) is 0 Å². The van der Waals surface area contributed by atoms with Crippen LogP contribution in [0.5, 0.6) is 0 Å². The van der Waals surface area contributed by atoms with Crippen LogP contribution in [0.1, 0.15) is 16.7 Å². The molecule has 0 bridgehead atoms. The summed E-state index contributed by atoms with van der Waals surface area (Å²) in [7, 11) is 1.34. The number of hydrogen-bond acceptors (Lipinski definition) is 3. The maximum atomic E-state index is 11.5. The largest absolute Gasteiger partial charge is 0.468 e. The highest BCUT2D eigenvalue weighted by Crippen LogP contribution is 2.08. The van der Waals surface area contributed by atoms with Crippen molar-refractivity contribution in [2.24, 2.45) is 0 Å². The highest BCUT2D eigenvalue weighted by molar-refractivity contribution is 6.14. The highest BCUT2D eigenvalue weighted by Gasteiger charge is 2.18. The molecule has 112 valence electrons. The summed E-state index contributed by atoms with van der Waals surface area (Å²) in [4.78, 5) is 13.9. The molecule has 22 heavy (non-hydrogen) atoms. The summed E-state index contributed by atoms with van der Waals surface area (Å²) in [6, 6.07) is 17.0. The minimum atomic E-state index is -0.562. The molecular weight excluding hydrogens is 298 g/mol. The van der Waals surface area contributed by atoms with Gasteiger partial charge in [0.15, 0.2) is 0 Å². The SMILES string of the molecule is COC(=O)[C@H](Cc1ccc(C#Cc2ccccc2)cc1)NCl. The standard InChI is InChI=1S/C18H16ClNO2/c1-22-18(21)17(20-19)13-16-11-9-15(10-12-16)8-7-14-5-3-2-4-6-14/h2-6,9-12,17,20H,13H2,1H3/t17-/m0/s1. The van der Waals surface area contributed by atoms with Crippen molar-refractivity contribution < 1.29 is 9.53 Å². The predicted molar refractivity (Wildman–Crippen MR) is 87.4 cm³/mol. The number of ether oxygens (including phenoxy) is 1. The van der Waals surface area contributed by atoms with E-state index in [1.165, 1.54) is 7.11 Å². The normalized spacial score (nSPS) is 11.2. The molecule has 0 heterocycles. The Morgan fingerprint density at radius 3 is 2.23 bits per heavy atom. The Kier molecular flexibility index (Phi) is 6.02. The summed E-state index contributed by atoms with van der Waals surface area (Å²) in [6.07, 6.45) is 0.461. The van der Waals surface area contributed by atoms with Gasteiger partial charge in [0.1, 0.15) is 6.04 Å². The molecule has 0 saturated carbocycles. The van der Waals surface area contributed by atoms with E-state index in [-0.39, 0.29) is 5.97 Å². The third-order valence-corrected chi connectivity index (χ3v) is 3.40. The average molecular weight is 314 g/mol. The summed E-state index contributed by atoms with van der Waals surface area (Å²) in [5.74, 6) is 5.82. The van der Waals surface area contributed by atoms with E-state index in [0.29, 0.717) is 6.42 Å². The first-order valence-corrected chi connectivity index (χ1v) is 7.20. The number of benzene rings is 2. The van der Waals surface area contributed by atoms with E-state index in [4.69, 9.17) is 11.8 Å². The van der Waals surface area contributed by atoms with Crippen molar-refractivity contribution in [1.82, 2.24) is 4.84 Å². The Hall–Kier alpha value is -2.28. The molecule has 4 heteroatoms. The predicted octanol–water partition coefficient (Wildman–Crippen LogP) is 2.91. The van der Waals surface area contributed by atoms with Crippen LogP contribution in [0.15, 0.2) is 54.6 Å². The zero-order valence-electron chi connectivity index (χ0n) is 12.2. The molecule has 1 N–H and O–H groups in total. The number of nitrogens with one attached hydrogen (secondary N) is 1. The lowest BCUT2D eigenvalue weighted by Gasteiger charge is -2.11. The average Bonchev–Trinajstić information content (AvgIpc) is 2.59. The van der Waals surface area contributed by atoms with Crippen molar-refractivity contribution in [3.63, 3.8) is 0 Å². The van der Waals surface area contributed by atoms with Crippen molar-refractivity contribution in [2.45, 2.75) is 12.5 Å². The van der Waals surface area contributed by atoms with Gasteiger partial charge >= 0.3 is 5.97 Å². The fourth-order valence-corrected chi connectivity index (χ4v) is 2.10. The molecule has 0 aliphatic heterocycles. The van der Waals surface area contributed by atoms with Crippen LogP contribution in [0.25, 0.3) is 0 Å². The van der Waals surface area contributed by atoms with Crippen LogP contribution < -0.4 is 4.84 Å². The first-order valence-electron chi connectivity index (χ1n) is 6.83. The van der Waals surface area contributed by atoms with Gasteiger partial charge in [0.2, 0.25) is 0 Å². The summed E-state index contributed by atoms with van der Waals surface area (Å²) in [5.41, 5.74) is 2.87. The van der Waals surface area contributed by atoms with E-state index < -0.39 is 6.04 Å². The third kappa shape index (κ3) is 4.63. The molecule has 0 spiro atoms. The van der Waals surface area contributed by atoms with E-state index >= 15 is 0 Å². The van der Waals surface area contributed by atoms with Gasteiger partial charge in [-0.3, -0.25) is 4.79 Å². The van der Waals surface area contributed by atoms with Crippen LogP contribution in [-0.4, -0.2) is 19.1 Å². The Bertz CT molecular complexity index is 672. The van der Waals surface area contributed by atoms with Gasteiger partial charge in [-0.1, -0.05) is 42.2 Å². The molecular formula is C18H16ClNO2. The lowest BCUT2D eigenvalue weighted by atomic mass is 10.0. The minimum absolute atomic E-state index is 0.386. The van der Waals surface area contributed by atoms with E-state index in [1.54, 1.807) is 0 Å². The summed E-state index contributed by atoms with van der Waals surface area (Å²) in [6.45, 7) is 0. The smallest absolute Gasteiger partial charge is 0.324 e. The lowest BCUT2D eigenvalue weighted by molar-refractivity contribution is -0.142. The second kappa shape index (κ2) is 8.23. The Balaban J connectivity index is 2.05. The molecule has 0 unspecified atom stereocenters. The quantitative estimate of drug-likeness (QED) is 0.536. The fourth-order valence-electron chi connectivity index (χ4n) is 1.93. The van der Waals surface area contributed by atoms with E-state index in [2.05, 4.69) is 21.4 Å². The van der Waals surface area contributed by atoms with E-state index in [9.17, 15) is 4.79 Å². The molecule has 1 atom stereocenters. The number of esters is 1.